The number of aliphatic carboxylic acids is 1. The lowest BCUT2D eigenvalue weighted by atomic mass is 9.95. The van der Waals surface area contributed by atoms with E-state index in [2.05, 4.69) is 5.32 Å². The lowest BCUT2D eigenvalue weighted by Crippen LogP contribution is -2.24. The van der Waals surface area contributed by atoms with Crippen molar-refractivity contribution >= 4 is 11.9 Å². The molecule has 6 nitrogen and oxygen atoms in total. The SMILES string of the molecule is CC[C@@H](Cc1ccc(OC)c(C(=O)NCc2ccc(Oc3ccccc3)cc2)c1)C(=O)O. The van der Waals surface area contributed by atoms with Crippen LogP contribution in [0.1, 0.15) is 34.8 Å². The van der Waals surface area contributed by atoms with Gasteiger partial charge in [0.15, 0.2) is 0 Å². The zero-order chi connectivity index (χ0) is 22.9. The van der Waals surface area contributed by atoms with Gasteiger partial charge in [-0.2, -0.15) is 0 Å². The maximum atomic E-state index is 12.8. The normalized spacial score (nSPS) is 11.4. The van der Waals surface area contributed by atoms with E-state index in [1.807, 2.05) is 61.5 Å². The molecule has 2 N–H and O–H groups in total. The lowest BCUT2D eigenvalue weighted by molar-refractivity contribution is -0.141. The highest BCUT2D eigenvalue weighted by Crippen LogP contribution is 2.24. The van der Waals surface area contributed by atoms with Crippen molar-refractivity contribution in [2.24, 2.45) is 5.92 Å². The van der Waals surface area contributed by atoms with Crippen molar-refractivity contribution in [3.63, 3.8) is 0 Å². The van der Waals surface area contributed by atoms with Crippen molar-refractivity contribution in [1.82, 2.24) is 5.32 Å². The number of hydrogen-bond donors (Lipinski definition) is 2. The number of ether oxygens (including phenoxy) is 2. The molecule has 0 unspecified atom stereocenters. The topological polar surface area (TPSA) is 84.9 Å². The number of para-hydroxylation sites is 1. The second kappa shape index (κ2) is 11.0. The van der Waals surface area contributed by atoms with Crippen molar-refractivity contribution in [3.8, 4) is 17.2 Å². The molecule has 3 rings (SSSR count). The third-order valence-electron chi connectivity index (χ3n) is 5.19. The van der Waals surface area contributed by atoms with Gasteiger partial charge in [-0.05, 0) is 60.4 Å². The van der Waals surface area contributed by atoms with Gasteiger partial charge in [0.25, 0.3) is 5.91 Å². The average molecular weight is 434 g/mol. The van der Waals surface area contributed by atoms with Crippen LogP contribution >= 0.6 is 0 Å². The first-order chi connectivity index (χ1) is 15.5. The Morgan fingerprint density at radius 1 is 0.938 bits per heavy atom. The van der Waals surface area contributed by atoms with Crippen LogP contribution in [0.5, 0.6) is 17.2 Å². The van der Waals surface area contributed by atoms with E-state index in [-0.39, 0.29) is 5.91 Å². The second-order valence-corrected chi connectivity index (χ2v) is 7.42. The van der Waals surface area contributed by atoms with Crippen molar-refractivity contribution in [3.05, 3.63) is 89.5 Å². The highest BCUT2D eigenvalue weighted by Gasteiger charge is 2.18. The average Bonchev–Trinajstić information content (AvgIpc) is 2.82. The van der Waals surface area contributed by atoms with E-state index in [1.165, 1.54) is 7.11 Å². The number of carboxylic acids is 1. The monoisotopic (exact) mass is 433 g/mol. The molecule has 0 aromatic heterocycles. The number of amides is 1. The van der Waals surface area contributed by atoms with E-state index in [4.69, 9.17) is 9.47 Å². The third kappa shape index (κ3) is 6.11. The van der Waals surface area contributed by atoms with Crippen LogP contribution in [-0.2, 0) is 17.8 Å². The smallest absolute Gasteiger partial charge is 0.306 e. The van der Waals surface area contributed by atoms with Gasteiger partial charge in [0, 0.05) is 6.54 Å². The number of hydrogen-bond acceptors (Lipinski definition) is 4. The predicted octanol–water partition coefficient (Wildman–Crippen LogP) is 5.07. The predicted molar refractivity (Wildman–Crippen MR) is 122 cm³/mol. The number of methoxy groups -OCH3 is 1. The van der Waals surface area contributed by atoms with E-state index >= 15 is 0 Å². The summed E-state index contributed by atoms with van der Waals surface area (Å²) in [5, 5.41) is 12.2. The number of carbonyl (C=O) groups is 2. The first-order valence-electron chi connectivity index (χ1n) is 10.5. The zero-order valence-electron chi connectivity index (χ0n) is 18.2. The molecule has 32 heavy (non-hydrogen) atoms. The van der Waals surface area contributed by atoms with Crippen LogP contribution in [0.3, 0.4) is 0 Å². The minimum absolute atomic E-state index is 0.281. The molecule has 0 radical (unpaired) electrons. The Labute approximate surface area is 187 Å². The van der Waals surface area contributed by atoms with Gasteiger partial charge in [-0.3, -0.25) is 9.59 Å². The van der Waals surface area contributed by atoms with Crippen LogP contribution in [-0.4, -0.2) is 24.1 Å². The van der Waals surface area contributed by atoms with Gasteiger partial charge in [0.05, 0.1) is 18.6 Å². The first kappa shape index (κ1) is 22.9. The summed E-state index contributed by atoms with van der Waals surface area (Å²) in [6, 6.07) is 22.2. The molecule has 166 valence electrons. The minimum atomic E-state index is -0.839. The maximum Gasteiger partial charge on any atom is 0.306 e. The van der Waals surface area contributed by atoms with Crippen molar-refractivity contribution < 1.29 is 24.2 Å². The Morgan fingerprint density at radius 2 is 1.59 bits per heavy atom. The van der Waals surface area contributed by atoms with Crippen LogP contribution in [0, 0.1) is 5.92 Å². The molecular formula is C26H27NO5. The van der Waals surface area contributed by atoms with Gasteiger partial charge >= 0.3 is 5.97 Å². The van der Waals surface area contributed by atoms with Gasteiger partial charge < -0.3 is 19.9 Å². The van der Waals surface area contributed by atoms with E-state index in [0.717, 1.165) is 16.9 Å². The van der Waals surface area contributed by atoms with Crippen LogP contribution < -0.4 is 14.8 Å². The Morgan fingerprint density at radius 3 is 2.22 bits per heavy atom. The van der Waals surface area contributed by atoms with Gasteiger partial charge in [0.1, 0.15) is 17.2 Å². The Kier molecular flexibility index (Phi) is 7.86. The molecule has 0 aliphatic rings. The molecule has 6 heteroatoms. The van der Waals surface area contributed by atoms with E-state index < -0.39 is 11.9 Å². The summed E-state index contributed by atoms with van der Waals surface area (Å²) < 4.78 is 11.1. The Balaban J connectivity index is 1.64. The van der Waals surface area contributed by atoms with E-state index in [1.54, 1.807) is 18.2 Å². The highest BCUT2D eigenvalue weighted by molar-refractivity contribution is 5.97. The zero-order valence-corrected chi connectivity index (χ0v) is 18.2. The summed E-state index contributed by atoms with van der Waals surface area (Å²) in [7, 11) is 1.50. The number of rotatable bonds is 10. The van der Waals surface area contributed by atoms with Crippen LogP contribution in [0.2, 0.25) is 0 Å². The van der Waals surface area contributed by atoms with E-state index in [9.17, 15) is 14.7 Å². The standard InChI is InChI=1S/C26H27NO5/c1-3-20(26(29)30)15-19-11-14-24(31-2)23(16-19)25(28)27-17-18-9-12-22(13-10-18)32-21-7-5-4-6-8-21/h4-14,16,20H,3,15,17H2,1-2H3,(H,27,28)(H,29,30)/t20-/m0/s1. The molecule has 1 amide bonds. The fraction of sp³-hybridized carbons (Fsp3) is 0.231. The molecule has 0 fully saturated rings. The van der Waals surface area contributed by atoms with Crippen LogP contribution in [0.25, 0.3) is 0 Å². The number of benzene rings is 3. The summed E-state index contributed by atoms with van der Waals surface area (Å²) in [6.45, 7) is 2.18. The number of carboxylic acid groups (broad SMARTS) is 1. The molecule has 1 atom stereocenters. The van der Waals surface area contributed by atoms with Crippen molar-refractivity contribution in [2.75, 3.05) is 7.11 Å². The number of carbonyl (C=O) groups excluding carboxylic acids is 1. The summed E-state index contributed by atoms with van der Waals surface area (Å²) >= 11 is 0. The fourth-order valence-corrected chi connectivity index (χ4v) is 3.33. The minimum Gasteiger partial charge on any atom is -0.496 e. The molecule has 0 saturated carbocycles. The molecule has 0 aliphatic heterocycles. The third-order valence-corrected chi connectivity index (χ3v) is 5.19. The molecule has 0 saturated heterocycles. The summed E-state index contributed by atoms with van der Waals surface area (Å²) in [5.74, 6) is 0.307. The fourth-order valence-electron chi connectivity index (χ4n) is 3.33. The van der Waals surface area contributed by atoms with Crippen molar-refractivity contribution in [1.29, 1.82) is 0 Å². The summed E-state index contributed by atoms with van der Waals surface area (Å²) in [4.78, 5) is 24.2. The van der Waals surface area contributed by atoms with Gasteiger partial charge in [0.2, 0.25) is 0 Å². The molecule has 0 bridgehead atoms. The molecule has 0 spiro atoms. The largest absolute Gasteiger partial charge is 0.496 e. The molecule has 3 aromatic carbocycles. The summed E-state index contributed by atoms with van der Waals surface area (Å²) in [6.07, 6.45) is 0.881. The highest BCUT2D eigenvalue weighted by atomic mass is 16.5. The summed E-state index contributed by atoms with van der Waals surface area (Å²) in [5.41, 5.74) is 2.09. The Hall–Kier alpha value is -3.80. The molecule has 0 aliphatic carbocycles. The van der Waals surface area contributed by atoms with Crippen LogP contribution in [0.15, 0.2) is 72.8 Å². The van der Waals surface area contributed by atoms with Crippen LogP contribution in [0.4, 0.5) is 0 Å². The molecular weight excluding hydrogens is 406 g/mol. The molecule has 3 aromatic rings. The first-order valence-corrected chi connectivity index (χ1v) is 10.5. The van der Waals surface area contributed by atoms with E-state index in [0.29, 0.717) is 36.4 Å². The molecule has 0 heterocycles. The maximum absolute atomic E-state index is 12.8. The van der Waals surface area contributed by atoms with Gasteiger partial charge in [-0.15, -0.1) is 0 Å². The van der Waals surface area contributed by atoms with Gasteiger partial charge in [-0.1, -0.05) is 43.3 Å². The number of nitrogens with one attached hydrogen (secondary N) is 1. The van der Waals surface area contributed by atoms with Gasteiger partial charge in [-0.25, -0.2) is 0 Å². The quantitative estimate of drug-likeness (QED) is 0.466. The Bertz CT molecular complexity index is 1050. The van der Waals surface area contributed by atoms with Crippen molar-refractivity contribution in [2.45, 2.75) is 26.3 Å². The second-order valence-electron chi connectivity index (χ2n) is 7.42. The lowest BCUT2D eigenvalue weighted by Gasteiger charge is -2.14.